The van der Waals surface area contributed by atoms with Crippen LogP contribution in [0.25, 0.3) is 62.7 Å². The Morgan fingerprint density at radius 2 is 1.30 bits per heavy atom. The first kappa shape index (κ1) is 43.4. The highest BCUT2D eigenvalue weighted by molar-refractivity contribution is 5.14. The molecule has 4 rings (SSSR count). The van der Waals surface area contributed by atoms with Gasteiger partial charge in [0, 0.05) is 29.5 Å². The van der Waals surface area contributed by atoms with E-state index < -0.39 is 104 Å². The third-order valence-corrected chi connectivity index (χ3v) is 9.14. The van der Waals surface area contributed by atoms with Crippen LogP contribution in [0, 0.1) is 0 Å². The summed E-state index contributed by atoms with van der Waals surface area (Å²) in [6.07, 6.45) is -18.0. The molecule has 1 aliphatic carbocycles. The van der Waals surface area contributed by atoms with Crippen molar-refractivity contribution in [1.29, 1.82) is 0 Å². The lowest BCUT2D eigenvalue weighted by molar-refractivity contribution is -0.323. The lowest BCUT2D eigenvalue weighted by atomic mass is 9.84. The molecule has 0 unspecified atom stereocenters. The summed E-state index contributed by atoms with van der Waals surface area (Å²) in [5.41, 5.74) is 55.8. The van der Waals surface area contributed by atoms with E-state index in [1.54, 1.807) is 37.3 Å². The highest BCUT2D eigenvalue weighted by atomic mass is 16.7. The summed E-state index contributed by atoms with van der Waals surface area (Å²) in [4.78, 5) is 16.5. The SMILES string of the molecule is C[C@H]1O[C@H](O[C@@H]2[C@@H](O)[C@H](O[C@H]3O[C@H](CN=[N+]=[N-])[C@@H](O)[C@H](O)[C@H]3N=[N+]=[N-])[C@@H](N=[N+]=[N-])C[C@H]2N=[N+]=[N-])[C@H](OCc2ccccc2)[C@@H](N=[N+]=[N-])[C@@H]1OC[C@@H](O)CN=[N+]=[N-]. The van der Waals surface area contributed by atoms with Crippen LogP contribution >= 0.6 is 0 Å². The molecule has 2 heterocycles. The smallest absolute Gasteiger partial charge is 0.185 e. The van der Waals surface area contributed by atoms with Gasteiger partial charge in [-0.2, -0.15) is 0 Å². The average Bonchev–Trinajstić information content (AvgIpc) is 3.19. The van der Waals surface area contributed by atoms with Crippen LogP contribution in [-0.4, -0.2) is 138 Å². The summed E-state index contributed by atoms with van der Waals surface area (Å²) in [6.45, 7) is 0.314. The van der Waals surface area contributed by atoms with Gasteiger partial charge in [-0.3, -0.25) is 0 Å². The maximum absolute atomic E-state index is 11.9. The quantitative estimate of drug-likeness (QED) is 0.0954. The van der Waals surface area contributed by atoms with Crippen molar-refractivity contribution in [3.8, 4) is 0 Å². The van der Waals surface area contributed by atoms with Gasteiger partial charge in [-0.15, -0.1) is 0 Å². The van der Waals surface area contributed by atoms with E-state index in [0.717, 1.165) is 0 Å². The molecule has 2 saturated heterocycles. The molecule has 1 aromatic rings. The number of aliphatic hydroxyl groups is 4. The monoisotopic (exact) mass is 786 g/mol. The number of nitrogens with zero attached hydrogens (tertiary/aromatic N) is 18. The molecule has 16 atom stereocenters. The first-order valence-electron chi connectivity index (χ1n) is 16.9. The third-order valence-electron chi connectivity index (χ3n) is 9.14. The van der Waals surface area contributed by atoms with Crippen molar-refractivity contribution in [1.82, 2.24) is 0 Å². The van der Waals surface area contributed by atoms with E-state index in [4.69, 9.17) is 39.5 Å². The number of aliphatic hydroxyl groups excluding tert-OH is 4. The zero-order valence-corrected chi connectivity index (χ0v) is 29.4. The zero-order valence-electron chi connectivity index (χ0n) is 29.4. The number of ether oxygens (including phenoxy) is 6. The number of benzene rings is 1. The molecule has 1 saturated carbocycles. The van der Waals surface area contributed by atoms with E-state index in [9.17, 15) is 42.6 Å². The van der Waals surface area contributed by atoms with Crippen molar-refractivity contribution in [2.24, 2.45) is 30.7 Å². The molecule has 2 aliphatic heterocycles. The van der Waals surface area contributed by atoms with Crippen molar-refractivity contribution in [2.45, 2.75) is 118 Å². The first-order chi connectivity index (χ1) is 27.1. The average molecular weight is 787 g/mol. The number of hydrogen-bond donors (Lipinski definition) is 4. The van der Waals surface area contributed by atoms with Gasteiger partial charge in [0.05, 0.1) is 87.2 Å². The summed E-state index contributed by atoms with van der Waals surface area (Å²) in [6, 6.07) is 3.41. The Kier molecular flexibility index (Phi) is 16.8. The Morgan fingerprint density at radius 3 is 1.91 bits per heavy atom. The molecule has 0 spiro atoms. The second-order valence-corrected chi connectivity index (χ2v) is 12.6. The molecule has 28 heteroatoms. The predicted molar refractivity (Wildman–Crippen MR) is 186 cm³/mol. The summed E-state index contributed by atoms with van der Waals surface area (Å²) in [5, 5.41) is 65.0. The van der Waals surface area contributed by atoms with E-state index >= 15 is 0 Å². The fraction of sp³-hybridized carbons (Fsp3) is 0.786. The van der Waals surface area contributed by atoms with Crippen LogP contribution in [0.3, 0.4) is 0 Å². The molecule has 28 nitrogen and oxygen atoms in total. The zero-order chi connectivity index (χ0) is 40.6. The largest absolute Gasteiger partial charge is 0.391 e. The molecule has 3 fully saturated rings. The van der Waals surface area contributed by atoms with E-state index in [1.807, 2.05) is 0 Å². The molecule has 0 aromatic heterocycles. The second-order valence-electron chi connectivity index (χ2n) is 12.6. The molecule has 4 N–H and O–H groups in total. The van der Waals surface area contributed by atoms with Gasteiger partial charge in [0.25, 0.3) is 0 Å². The van der Waals surface area contributed by atoms with Gasteiger partial charge in [-0.25, -0.2) is 0 Å². The molecular weight excluding hydrogens is 748 g/mol. The summed E-state index contributed by atoms with van der Waals surface area (Å²) >= 11 is 0. The molecule has 300 valence electrons. The normalized spacial score (nSPS) is 35.7. The molecule has 0 bridgehead atoms. The summed E-state index contributed by atoms with van der Waals surface area (Å²) in [5.74, 6) is 0. The van der Waals surface area contributed by atoms with Gasteiger partial charge in [0.2, 0.25) is 0 Å². The van der Waals surface area contributed by atoms with Gasteiger partial charge >= 0.3 is 0 Å². The van der Waals surface area contributed by atoms with Crippen LogP contribution in [0.5, 0.6) is 0 Å². The Balaban J connectivity index is 1.70. The number of azide groups is 6. The Hall–Kier alpha value is -5.32. The van der Waals surface area contributed by atoms with Crippen LogP contribution in [-0.2, 0) is 35.0 Å². The van der Waals surface area contributed by atoms with Crippen LogP contribution in [0.1, 0.15) is 18.9 Å². The van der Waals surface area contributed by atoms with E-state index in [-0.39, 0.29) is 26.2 Å². The van der Waals surface area contributed by atoms with Gasteiger partial charge in [0.15, 0.2) is 12.6 Å². The minimum Gasteiger partial charge on any atom is -0.391 e. The van der Waals surface area contributed by atoms with E-state index in [0.29, 0.717) is 5.56 Å². The lowest BCUT2D eigenvalue weighted by Crippen LogP contribution is -2.64. The van der Waals surface area contributed by atoms with Gasteiger partial charge in [0.1, 0.15) is 24.4 Å². The highest BCUT2D eigenvalue weighted by Crippen LogP contribution is 2.37. The Morgan fingerprint density at radius 1 is 0.696 bits per heavy atom. The lowest BCUT2D eigenvalue weighted by Gasteiger charge is -2.49. The fourth-order valence-electron chi connectivity index (χ4n) is 6.52. The first-order valence-corrected chi connectivity index (χ1v) is 16.9. The van der Waals surface area contributed by atoms with Crippen molar-refractivity contribution in [3.63, 3.8) is 0 Å². The summed E-state index contributed by atoms with van der Waals surface area (Å²) < 4.78 is 36.4. The van der Waals surface area contributed by atoms with Crippen LogP contribution in [0.2, 0.25) is 0 Å². The van der Waals surface area contributed by atoms with Crippen LogP contribution in [0.15, 0.2) is 61.0 Å². The van der Waals surface area contributed by atoms with Crippen molar-refractivity contribution in [3.05, 3.63) is 98.6 Å². The molecule has 56 heavy (non-hydrogen) atoms. The molecule has 1 aromatic carbocycles. The van der Waals surface area contributed by atoms with E-state index in [2.05, 4.69) is 60.2 Å². The standard InChI is InChI=1S/C28H38N18O10/c1-12-23(52-11-14(47)8-35-41-29)19(40-46-34)26(51-10-13-5-3-2-4-6-13)28(53-12)56-25-16(38-44-32)7-15(37-43-31)24(22(25)50)55-27-18(39-45-33)21(49)20(48)17(54-27)9-36-42-30/h2-6,12,14-28,47-50H,7-11H2,1H3/t12-,14+,15+,16-,17-,18-,19+,20-,21-,22+,23-,24-,25+,26-,27-,28-/m1/s1. The predicted octanol–water partition coefficient (Wildman–Crippen LogP) is 3.38. The van der Waals surface area contributed by atoms with Crippen LogP contribution < -0.4 is 0 Å². The molecule has 0 amide bonds. The maximum atomic E-state index is 11.9. The van der Waals surface area contributed by atoms with Crippen molar-refractivity contribution < 1.29 is 48.8 Å². The minimum atomic E-state index is -1.87. The molecular formula is C28H38N18O10. The fourth-order valence-corrected chi connectivity index (χ4v) is 6.52. The van der Waals surface area contributed by atoms with E-state index in [1.165, 1.54) is 0 Å². The Labute approximate surface area is 315 Å². The Bertz CT molecular complexity index is 1750. The summed E-state index contributed by atoms with van der Waals surface area (Å²) in [7, 11) is 0. The second kappa shape index (κ2) is 21.7. The van der Waals surface area contributed by atoms with Gasteiger partial charge in [-0.1, -0.05) is 61.0 Å². The molecule has 3 aliphatic rings. The van der Waals surface area contributed by atoms with Gasteiger partial charge in [-0.05, 0) is 52.1 Å². The molecule has 0 radical (unpaired) electrons. The minimum absolute atomic E-state index is 0.0739. The van der Waals surface area contributed by atoms with Crippen molar-refractivity contribution in [2.75, 3.05) is 19.7 Å². The number of hydrogen-bond acceptors (Lipinski definition) is 16. The topological polar surface area (TPSA) is 429 Å². The number of rotatable bonds is 18. The third kappa shape index (κ3) is 10.9. The van der Waals surface area contributed by atoms with Crippen molar-refractivity contribution >= 4 is 0 Å². The van der Waals surface area contributed by atoms with Gasteiger partial charge < -0.3 is 48.8 Å². The highest BCUT2D eigenvalue weighted by Gasteiger charge is 2.53. The van der Waals surface area contributed by atoms with Crippen LogP contribution in [0.4, 0.5) is 0 Å². The maximum Gasteiger partial charge on any atom is 0.185 e.